The van der Waals surface area contributed by atoms with Crippen molar-refractivity contribution in [3.63, 3.8) is 0 Å². The fourth-order valence-corrected chi connectivity index (χ4v) is 2.43. The van der Waals surface area contributed by atoms with Gasteiger partial charge in [0.15, 0.2) is 0 Å². The molecule has 2 aromatic rings. The zero-order valence-corrected chi connectivity index (χ0v) is 12.1. The molecule has 2 rings (SSSR count). The average Bonchev–Trinajstić information content (AvgIpc) is 2.50. The molecule has 3 nitrogen and oxygen atoms in total. The Labute approximate surface area is 127 Å². The molecule has 2 aromatic carbocycles. The minimum absolute atomic E-state index is 0.142. The molecular weight excluding hydrogens is 287 g/mol. The molecule has 0 spiro atoms. The highest BCUT2D eigenvalue weighted by atomic mass is 32.2. The maximum atomic E-state index is 12.7. The van der Waals surface area contributed by atoms with E-state index in [0.29, 0.717) is 12.2 Å². The van der Waals surface area contributed by atoms with Crippen molar-refractivity contribution < 1.29 is 9.18 Å². The Balaban J connectivity index is 1.69. The number of hydrogen-bond acceptors (Lipinski definition) is 3. The van der Waals surface area contributed by atoms with Crippen molar-refractivity contribution in [3.8, 4) is 0 Å². The SMILES string of the molecule is O=C(CCSc1ccccc1)N/N=C\c1ccc(F)cc1. The van der Waals surface area contributed by atoms with Gasteiger partial charge in [-0.3, -0.25) is 4.79 Å². The molecular formula is C16H15FN2OS. The van der Waals surface area contributed by atoms with Crippen LogP contribution in [0, 0.1) is 5.82 Å². The van der Waals surface area contributed by atoms with E-state index in [1.54, 1.807) is 23.9 Å². The largest absolute Gasteiger partial charge is 0.273 e. The van der Waals surface area contributed by atoms with Crippen molar-refractivity contribution in [2.75, 3.05) is 5.75 Å². The number of halogens is 1. The third-order valence-electron chi connectivity index (χ3n) is 2.61. The molecule has 0 atom stereocenters. The first kappa shape index (κ1) is 15.3. The van der Waals surface area contributed by atoms with Crippen LogP contribution in [0.4, 0.5) is 4.39 Å². The molecule has 0 bridgehead atoms. The minimum atomic E-state index is -0.297. The molecule has 0 aliphatic heterocycles. The van der Waals surface area contributed by atoms with Gasteiger partial charge in [0.2, 0.25) is 5.91 Å². The van der Waals surface area contributed by atoms with Gasteiger partial charge in [-0.05, 0) is 29.8 Å². The summed E-state index contributed by atoms with van der Waals surface area (Å²) in [5.41, 5.74) is 3.19. The highest BCUT2D eigenvalue weighted by Crippen LogP contribution is 2.17. The van der Waals surface area contributed by atoms with E-state index < -0.39 is 0 Å². The summed E-state index contributed by atoms with van der Waals surface area (Å²) < 4.78 is 12.7. The summed E-state index contributed by atoms with van der Waals surface area (Å²) in [4.78, 5) is 12.7. The molecule has 0 aromatic heterocycles. The van der Waals surface area contributed by atoms with E-state index in [4.69, 9.17) is 0 Å². The van der Waals surface area contributed by atoms with Gasteiger partial charge in [0.1, 0.15) is 5.82 Å². The second-order valence-corrected chi connectivity index (χ2v) is 5.42. The smallest absolute Gasteiger partial charge is 0.240 e. The predicted octanol–water partition coefficient (Wildman–Crippen LogP) is 3.46. The molecule has 108 valence electrons. The summed E-state index contributed by atoms with van der Waals surface area (Å²) in [6.07, 6.45) is 1.88. The number of hydrogen-bond donors (Lipinski definition) is 1. The van der Waals surface area contributed by atoms with Crippen LogP contribution in [0.25, 0.3) is 0 Å². The molecule has 1 amide bonds. The van der Waals surface area contributed by atoms with Crippen LogP contribution in [0.5, 0.6) is 0 Å². The first-order valence-electron chi connectivity index (χ1n) is 6.49. The second-order valence-electron chi connectivity index (χ2n) is 4.26. The van der Waals surface area contributed by atoms with Gasteiger partial charge in [0, 0.05) is 17.1 Å². The summed E-state index contributed by atoms with van der Waals surface area (Å²) in [5, 5.41) is 3.84. The van der Waals surface area contributed by atoms with Crippen LogP contribution >= 0.6 is 11.8 Å². The predicted molar refractivity (Wildman–Crippen MR) is 83.9 cm³/mol. The van der Waals surface area contributed by atoms with E-state index >= 15 is 0 Å². The van der Waals surface area contributed by atoms with E-state index in [2.05, 4.69) is 10.5 Å². The highest BCUT2D eigenvalue weighted by Gasteiger charge is 2.00. The molecule has 0 aliphatic carbocycles. The Kier molecular flexibility index (Phi) is 5.97. The lowest BCUT2D eigenvalue weighted by Crippen LogP contribution is -2.17. The van der Waals surface area contributed by atoms with Crippen LogP contribution in [-0.2, 0) is 4.79 Å². The molecule has 0 unspecified atom stereocenters. The molecule has 5 heteroatoms. The molecule has 0 heterocycles. The Morgan fingerprint density at radius 3 is 2.57 bits per heavy atom. The number of benzene rings is 2. The quantitative estimate of drug-likeness (QED) is 0.504. The molecule has 1 N–H and O–H groups in total. The fourth-order valence-electron chi connectivity index (χ4n) is 1.56. The third-order valence-corrected chi connectivity index (χ3v) is 3.63. The number of carbonyl (C=O) groups excluding carboxylic acids is 1. The molecule has 0 radical (unpaired) electrons. The Bertz CT molecular complexity index is 599. The fraction of sp³-hybridized carbons (Fsp3) is 0.125. The molecule has 0 fully saturated rings. The molecule has 21 heavy (non-hydrogen) atoms. The number of nitrogens with one attached hydrogen (secondary N) is 1. The maximum absolute atomic E-state index is 12.7. The zero-order valence-electron chi connectivity index (χ0n) is 11.3. The zero-order chi connectivity index (χ0) is 14.9. The lowest BCUT2D eigenvalue weighted by atomic mass is 10.2. The van der Waals surface area contributed by atoms with Crippen LogP contribution in [0.3, 0.4) is 0 Å². The van der Waals surface area contributed by atoms with E-state index in [1.165, 1.54) is 18.3 Å². The topological polar surface area (TPSA) is 41.5 Å². The number of thioether (sulfide) groups is 1. The Morgan fingerprint density at radius 2 is 1.86 bits per heavy atom. The maximum Gasteiger partial charge on any atom is 0.240 e. The van der Waals surface area contributed by atoms with Gasteiger partial charge in [-0.2, -0.15) is 5.10 Å². The van der Waals surface area contributed by atoms with E-state index in [1.807, 2.05) is 30.3 Å². The van der Waals surface area contributed by atoms with Crippen LogP contribution in [0.1, 0.15) is 12.0 Å². The van der Waals surface area contributed by atoms with Crippen LogP contribution < -0.4 is 5.43 Å². The number of rotatable bonds is 6. The second kappa shape index (κ2) is 8.21. The van der Waals surface area contributed by atoms with Crippen molar-refractivity contribution in [2.45, 2.75) is 11.3 Å². The number of hydrazone groups is 1. The first-order chi connectivity index (χ1) is 10.2. The van der Waals surface area contributed by atoms with Gasteiger partial charge in [0.25, 0.3) is 0 Å². The van der Waals surface area contributed by atoms with Gasteiger partial charge in [-0.1, -0.05) is 30.3 Å². The normalized spacial score (nSPS) is 10.7. The molecule has 0 saturated heterocycles. The minimum Gasteiger partial charge on any atom is -0.273 e. The van der Waals surface area contributed by atoms with Crippen molar-refractivity contribution in [1.29, 1.82) is 0 Å². The van der Waals surface area contributed by atoms with Crippen LogP contribution in [0.2, 0.25) is 0 Å². The average molecular weight is 302 g/mol. The van der Waals surface area contributed by atoms with Gasteiger partial charge < -0.3 is 0 Å². The van der Waals surface area contributed by atoms with E-state index in [9.17, 15) is 9.18 Å². The van der Waals surface area contributed by atoms with Crippen molar-refractivity contribution >= 4 is 23.9 Å². The van der Waals surface area contributed by atoms with Crippen LogP contribution in [-0.4, -0.2) is 17.9 Å². The van der Waals surface area contributed by atoms with Gasteiger partial charge in [-0.15, -0.1) is 11.8 Å². The number of amides is 1. The Morgan fingerprint density at radius 1 is 1.14 bits per heavy atom. The number of nitrogens with zero attached hydrogens (tertiary/aromatic N) is 1. The third kappa shape index (κ3) is 5.79. The molecule has 0 saturated carbocycles. The first-order valence-corrected chi connectivity index (χ1v) is 7.48. The summed E-state index contributed by atoms with van der Waals surface area (Å²) in [6, 6.07) is 15.8. The summed E-state index contributed by atoms with van der Waals surface area (Å²) >= 11 is 1.63. The van der Waals surface area contributed by atoms with E-state index in [-0.39, 0.29) is 11.7 Å². The van der Waals surface area contributed by atoms with Crippen molar-refractivity contribution in [1.82, 2.24) is 5.43 Å². The van der Waals surface area contributed by atoms with Gasteiger partial charge >= 0.3 is 0 Å². The van der Waals surface area contributed by atoms with Gasteiger partial charge in [0.05, 0.1) is 6.21 Å². The van der Waals surface area contributed by atoms with E-state index in [0.717, 1.165) is 10.5 Å². The standard InChI is InChI=1S/C16H15FN2OS/c17-14-8-6-13(7-9-14)12-18-19-16(20)10-11-21-15-4-2-1-3-5-15/h1-9,12H,10-11H2,(H,19,20)/b18-12-. The van der Waals surface area contributed by atoms with Crippen molar-refractivity contribution in [3.05, 3.63) is 66.0 Å². The summed E-state index contributed by atoms with van der Waals surface area (Å²) in [6.45, 7) is 0. The highest BCUT2D eigenvalue weighted by molar-refractivity contribution is 7.99. The summed E-state index contributed by atoms with van der Waals surface area (Å²) in [5.74, 6) is 0.257. The lowest BCUT2D eigenvalue weighted by molar-refractivity contribution is -0.120. The monoisotopic (exact) mass is 302 g/mol. The Hall–Kier alpha value is -2.14. The van der Waals surface area contributed by atoms with Gasteiger partial charge in [-0.25, -0.2) is 9.82 Å². The summed E-state index contributed by atoms with van der Waals surface area (Å²) in [7, 11) is 0. The number of carbonyl (C=O) groups is 1. The van der Waals surface area contributed by atoms with Crippen molar-refractivity contribution in [2.24, 2.45) is 5.10 Å². The molecule has 0 aliphatic rings. The van der Waals surface area contributed by atoms with Crippen LogP contribution in [0.15, 0.2) is 64.6 Å². The lowest BCUT2D eigenvalue weighted by Gasteiger charge is -2.01.